The van der Waals surface area contributed by atoms with E-state index in [-0.39, 0.29) is 0 Å². The van der Waals surface area contributed by atoms with Gasteiger partial charge in [-0.05, 0) is 42.9 Å². The van der Waals surface area contributed by atoms with Crippen LogP contribution in [0.1, 0.15) is 31.2 Å². The summed E-state index contributed by atoms with van der Waals surface area (Å²) in [4.78, 5) is 0. The third kappa shape index (κ3) is 5.67. The van der Waals surface area contributed by atoms with Gasteiger partial charge in [0, 0.05) is 0 Å². The highest BCUT2D eigenvalue weighted by Gasteiger charge is 2.29. The number of benzene rings is 1. The van der Waals surface area contributed by atoms with Crippen molar-refractivity contribution in [2.45, 2.75) is 31.9 Å². The van der Waals surface area contributed by atoms with Crippen LogP contribution in [-0.4, -0.2) is 12.4 Å². The van der Waals surface area contributed by atoms with E-state index in [4.69, 9.17) is 4.74 Å². The van der Waals surface area contributed by atoms with Gasteiger partial charge in [-0.2, -0.15) is 25.8 Å². The molecule has 5 heteroatoms. The first-order chi connectivity index (χ1) is 8.54. The largest absolute Gasteiger partial charge is 0.494 e. The van der Waals surface area contributed by atoms with E-state index in [1.165, 1.54) is 12.1 Å². The maximum absolute atomic E-state index is 12.3. The highest BCUT2D eigenvalue weighted by molar-refractivity contribution is 7.80. The topological polar surface area (TPSA) is 9.23 Å². The van der Waals surface area contributed by atoms with E-state index in [9.17, 15) is 13.2 Å². The number of hydrogen-bond donors (Lipinski definition) is 1. The normalized spacial score (nSPS) is 11.6. The number of thiol groups is 1. The fourth-order valence-electron chi connectivity index (χ4n) is 1.50. The highest BCUT2D eigenvalue weighted by Crippen LogP contribution is 2.30. The van der Waals surface area contributed by atoms with E-state index in [1.807, 2.05) is 0 Å². The SMILES string of the molecule is FC(F)(F)c1ccc(OCCCCCCS)cc1. The number of alkyl halides is 3. The molecule has 1 aromatic rings. The Morgan fingerprint density at radius 2 is 1.56 bits per heavy atom. The van der Waals surface area contributed by atoms with Crippen molar-refractivity contribution >= 4 is 12.6 Å². The maximum Gasteiger partial charge on any atom is 0.416 e. The molecule has 0 aliphatic carbocycles. The monoisotopic (exact) mass is 278 g/mol. The minimum Gasteiger partial charge on any atom is -0.494 e. The Labute approximate surface area is 111 Å². The Morgan fingerprint density at radius 1 is 0.944 bits per heavy atom. The number of hydrogen-bond acceptors (Lipinski definition) is 2. The first-order valence-corrected chi connectivity index (χ1v) is 6.58. The molecule has 0 saturated carbocycles. The molecule has 0 aromatic heterocycles. The van der Waals surface area contributed by atoms with E-state index in [1.54, 1.807) is 0 Å². The van der Waals surface area contributed by atoms with Gasteiger partial charge in [-0.25, -0.2) is 0 Å². The molecule has 1 aromatic carbocycles. The van der Waals surface area contributed by atoms with Crippen LogP contribution in [0.5, 0.6) is 5.75 Å². The van der Waals surface area contributed by atoms with Crippen molar-refractivity contribution in [1.29, 1.82) is 0 Å². The fraction of sp³-hybridized carbons (Fsp3) is 0.538. The van der Waals surface area contributed by atoms with Gasteiger partial charge < -0.3 is 4.74 Å². The summed E-state index contributed by atoms with van der Waals surface area (Å²) in [6, 6.07) is 4.79. The standard InChI is InChI=1S/C13H17F3OS/c14-13(15,16)11-5-7-12(8-6-11)17-9-3-1-2-4-10-18/h5-8,18H,1-4,9-10H2. The van der Waals surface area contributed by atoms with Crippen molar-refractivity contribution < 1.29 is 17.9 Å². The highest BCUT2D eigenvalue weighted by atomic mass is 32.1. The van der Waals surface area contributed by atoms with Gasteiger partial charge in [0.15, 0.2) is 0 Å². The van der Waals surface area contributed by atoms with Crippen molar-refractivity contribution in [3.05, 3.63) is 29.8 Å². The number of rotatable bonds is 7. The lowest BCUT2D eigenvalue weighted by molar-refractivity contribution is -0.137. The average Bonchev–Trinajstić information content (AvgIpc) is 2.33. The van der Waals surface area contributed by atoms with Crippen molar-refractivity contribution in [2.75, 3.05) is 12.4 Å². The number of ether oxygens (including phenoxy) is 1. The number of halogens is 3. The predicted octanol–water partition coefficient (Wildman–Crippen LogP) is 4.57. The smallest absolute Gasteiger partial charge is 0.416 e. The van der Waals surface area contributed by atoms with Crippen LogP contribution in [0.3, 0.4) is 0 Å². The predicted molar refractivity (Wildman–Crippen MR) is 69.3 cm³/mol. The maximum atomic E-state index is 12.3. The van der Waals surface area contributed by atoms with Gasteiger partial charge in [-0.15, -0.1) is 0 Å². The Balaban J connectivity index is 2.27. The van der Waals surface area contributed by atoms with Crippen LogP contribution in [0.25, 0.3) is 0 Å². The minimum absolute atomic E-state index is 0.484. The Bertz CT molecular complexity index is 335. The van der Waals surface area contributed by atoms with E-state index in [0.717, 1.165) is 43.6 Å². The zero-order valence-corrected chi connectivity index (χ0v) is 10.9. The summed E-state index contributed by atoms with van der Waals surface area (Å²) in [7, 11) is 0. The Kier molecular flexibility index (Phi) is 6.39. The molecule has 0 heterocycles. The van der Waals surface area contributed by atoms with Gasteiger partial charge in [-0.3, -0.25) is 0 Å². The summed E-state index contributed by atoms with van der Waals surface area (Å²) in [5.41, 5.74) is -0.649. The van der Waals surface area contributed by atoms with Crippen LogP contribution in [0, 0.1) is 0 Å². The lowest BCUT2D eigenvalue weighted by atomic mass is 10.2. The summed E-state index contributed by atoms with van der Waals surface area (Å²) in [6.45, 7) is 0.540. The van der Waals surface area contributed by atoms with Gasteiger partial charge in [0.2, 0.25) is 0 Å². The molecule has 0 aliphatic heterocycles. The molecule has 0 spiro atoms. The quantitative estimate of drug-likeness (QED) is 0.567. The van der Waals surface area contributed by atoms with Crippen LogP contribution in [-0.2, 0) is 6.18 Å². The first kappa shape index (κ1) is 15.2. The summed E-state index contributed by atoms with van der Waals surface area (Å²) < 4.78 is 42.3. The van der Waals surface area contributed by atoms with E-state index in [2.05, 4.69) is 12.6 Å². The molecule has 0 atom stereocenters. The molecule has 0 aliphatic rings. The van der Waals surface area contributed by atoms with Gasteiger partial charge in [0.25, 0.3) is 0 Å². The molecule has 1 nitrogen and oxygen atoms in total. The summed E-state index contributed by atoms with van der Waals surface area (Å²) >= 11 is 4.11. The molecule has 102 valence electrons. The summed E-state index contributed by atoms with van der Waals surface area (Å²) in [5.74, 6) is 1.37. The fourth-order valence-corrected chi connectivity index (χ4v) is 1.72. The van der Waals surface area contributed by atoms with Crippen LogP contribution < -0.4 is 4.74 Å². The lowest BCUT2D eigenvalue weighted by Crippen LogP contribution is -2.04. The molecular formula is C13H17F3OS. The molecular weight excluding hydrogens is 261 g/mol. The Hall–Kier alpha value is -0.840. The second-order valence-corrected chi connectivity index (χ2v) is 4.46. The lowest BCUT2D eigenvalue weighted by Gasteiger charge is -2.09. The molecule has 0 fully saturated rings. The molecule has 1 rings (SSSR count). The van der Waals surface area contributed by atoms with Gasteiger partial charge in [0.1, 0.15) is 5.75 Å². The van der Waals surface area contributed by atoms with Gasteiger partial charge >= 0.3 is 6.18 Å². The van der Waals surface area contributed by atoms with Crippen molar-refractivity contribution in [2.24, 2.45) is 0 Å². The average molecular weight is 278 g/mol. The third-order valence-electron chi connectivity index (χ3n) is 2.50. The number of unbranched alkanes of at least 4 members (excludes halogenated alkanes) is 3. The van der Waals surface area contributed by atoms with Crippen LogP contribution >= 0.6 is 12.6 Å². The summed E-state index contributed by atoms with van der Waals surface area (Å²) in [6.07, 6.45) is -0.120. The van der Waals surface area contributed by atoms with Crippen LogP contribution in [0.2, 0.25) is 0 Å². The van der Waals surface area contributed by atoms with Gasteiger partial charge in [-0.1, -0.05) is 12.8 Å². The molecule has 0 bridgehead atoms. The van der Waals surface area contributed by atoms with E-state index in [0.29, 0.717) is 12.4 Å². The van der Waals surface area contributed by atoms with Crippen molar-refractivity contribution in [1.82, 2.24) is 0 Å². The van der Waals surface area contributed by atoms with E-state index >= 15 is 0 Å². The van der Waals surface area contributed by atoms with Crippen molar-refractivity contribution in [3.8, 4) is 5.75 Å². The second kappa shape index (κ2) is 7.56. The van der Waals surface area contributed by atoms with E-state index < -0.39 is 11.7 Å². The molecule has 0 radical (unpaired) electrons. The molecule has 0 unspecified atom stereocenters. The third-order valence-corrected chi connectivity index (χ3v) is 2.82. The first-order valence-electron chi connectivity index (χ1n) is 5.95. The summed E-state index contributed by atoms with van der Waals surface area (Å²) in [5, 5.41) is 0. The van der Waals surface area contributed by atoms with Gasteiger partial charge in [0.05, 0.1) is 12.2 Å². The molecule has 0 amide bonds. The zero-order chi connectivity index (χ0) is 13.4. The molecule has 0 N–H and O–H groups in total. The van der Waals surface area contributed by atoms with Crippen LogP contribution in [0.4, 0.5) is 13.2 Å². The van der Waals surface area contributed by atoms with Crippen molar-refractivity contribution in [3.63, 3.8) is 0 Å². The van der Waals surface area contributed by atoms with Crippen LogP contribution in [0.15, 0.2) is 24.3 Å². The Morgan fingerprint density at radius 3 is 2.11 bits per heavy atom. The molecule has 18 heavy (non-hydrogen) atoms. The zero-order valence-electron chi connectivity index (χ0n) is 10.0. The molecule has 0 saturated heterocycles. The minimum atomic E-state index is -4.29. The second-order valence-electron chi connectivity index (χ2n) is 4.01.